The summed E-state index contributed by atoms with van der Waals surface area (Å²) in [5, 5.41) is 4.33. The molecule has 9 heteroatoms. The van der Waals surface area contributed by atoms with Crippen LogP contribution >= 0.6 is 34.7 Å². The van der Waals surface area contributed by atoms with Crippen molar-refractivity contribution in [1.29, 1.82) is 0 Å². The van der Waals surface area contributed by atoms with E-state index in [1.54, 1.807) is 22.8 Å². The lowest BCUT2D eigenvalue weighted by Gasteiger charge is -2.05. The SMILES string of the molecule is Cc1cc(NC(=O)Cn2c(=O)n(Cc3ccc(Cl)c(Cl)c3)c3ccccc32)sn1. The number of carbonyl (C=O) groups excluding carboxylic acids is 1. The van der Waals surface area contributed by atoms with E-state index in [1.165, 1.54) is 16.1 Å². The second-order valence-electron chi connectivity index (χ2n) is 6.57. The lowest BCUT2D eigenvalue weighted by atomic mass is 10.2. The van der Waals surface area contributed by atoms with E-state index in [-0.39, 0.29) is 18.1 Å². The van der Waals surface area contributed by atoms with Crippen LogP contribution in [0.15, 0.2) is 53.3 Å². The highest BCUT2D eigenvalue weighted by atomic mass is 35.5. The number of fused-ring (bicyclic) bond motifs is 1. The quantitative estimate of drug-likeness (QED) is 0.488. The van der Waals surface area contributed by atoms with Gasteiger partial charge in [0.15, 0.2) is 0 Å². The summed E-state index contributed by atoms with van der Waals surface area (Å²) in [6.45, 7) is 2.08. The molecular formula is C20H16Cl2N4O2S. The third-order valence-electron chi connectivity index (χ3n) is 4.44. The number of nitrogens with zero attached hydrogens (tertiary/aromatic N) is 3. The largest absolute Gasteiger partial charge is 0.329 e. The fraction of sp³-hybridized carbons (Fsp3) is 0.150. The summed E-state index contributed by atoms with van der Waals surface area (Å²) in [6.07, 6.45) is 0. The van der Waals surface area contributed by atoms with Crippen LogP contribution in [0.2, 0.25) is 10.0 Å². The zero-order chi connectivity index (χ0) is 20.5. The number of hydrogen-bond acceptors (Lipinski definition) is 4. The third kappa shape index (κ3) is 4.07. The fourth-order valence-corrected chi connectivity index (χ4v) is 4.14. The number of halogens is 2. The molecule has 1 amide bonds. The molecule has 2 aromatic heterocycles. The van der Waals surface area contributed by atoms with Gasteiger partial charge in [-0.1, -0.05) is 41.4 Å². The number of anilines is 1. The highest BCUT2D eigenvalue weighted by molar-refractivity contribution is 7.10. The van der Waals surface area contributed by atoms with E-state index in [0.717, 1.165) is 16.8 Å². The van der Waals surface area contributed by atoms with Gasteiger partial charge in [-0.25, -0.2) is 4.79 Å². The molecule has 0 aliphatic carbocycles. The molecule has 148 valence electrons. The summed E-state index contributed by atoms with van der Waals surface area (Å²) in [5.41, 5.74) is 2.83. The molecule has 0 unspecified atom stereocenters. The number of benzene rings is 2. The zero-order valence-electron chi connectivity index (χ0n) is 15.4. The molecule has 0 atom stereocenters. The maximum atomic E-state index is 13.1. The van der Waals surface area contributed by atoms with Crippen LogP contribution in [0.5, 0.6) is 0 Å². The highest BCUT2D eigenvalue weighted by Gasteiger charge is 2.16. The number of rotatable bonds is 5. The Morgan fingerprint density at radius 1 is 1.07 bits per heavy atom. The van der Waals surface area contributed by atoms with E-state index < -0.39 is 0 Å². The Bertz CT molecular complexity index is 1280. The highest BCUT2D eigenvalue weighted by Crippen LogP contribution is 2.24. The Morgan fingerprint density at radius 2 is 1.79 bits per heavy atom. The van der Waals surface area contributed by atoms with Gasteiger partial charge in [0.05, 0.1) is 33.3 Å². The van der Waals surface area contributed by atoms with Gasteiger partial charge in [0.2, 0.25) is 5.91 Å². The van der Waals surface area contributed by atoms with Gasteiger partial charge >= 0.3 is 5.69 Å². The van der Waals surface area contributed by atoms with E-state index in [2.05, 4.69) is 9.69 Å². The van der Waals surface area contributed by atoms with Crippen molar-refractivity contribution < 1.29 is 4.79 Å². The summed E-state index contributed by atoms with van der Waals surface area (Å²) in [7, 11) is 0. The van der Waals surface area contributed by atoms with Crippen molar-refractivity contribution in [2.45, 2.75) is 20.0 Å². The van der Waals surface area contributed by atoms with Crippen molar-refractivity contribution in [3.63, 3.8) is 0 Å². The number of nitrogens with one attached hydrogen (secondary N) is 1. The molecule has 0 spiro atoms. The first-order valence-corrected chi connectivity index (χ1v) is 10.3. The minimum Gasteiger partial charge on any atom is -0.315 e. The van der Waals surface area contributed by atoms with Gasteiger partial charge in [-0.05, 0) is 54.4 Å². The van der Waals surface area contributed by atoms with Gasteiger partial charge in [0.25, 0.3) is 0 Å². The molecule has 0 fully saturated rings. The van der Waals surface area contributed by atoms with Crippen LogP contribution in [0.25, 0.3) is 11.0 Å². The average molecular weight is 447 g/mol. The summed E-state index contributed by atoms with van der Waals surface area (Å²) in [6, 6.07) is 14.4. The topological polar surface area (TPSA) is 68.9 Å². The molecule has 4 aromatic rings. The summed E-state index contributed by atoms with van der Waals surface area (Å²) in [5.74, 6) is -0.284. The van der Waals surface area contributed by atoms with Crippen molar-refractivity contribution in [2.24, 2.45) is 0 Å². The molecule has 6 nitrogen and oxygen atoms in total. The van der Waals surface area contributed by atoms with Crippen molar-refractivity contribution in [2.75, 3.05) is 5.32 Å². The number of hydrogen-bond donors (Lipinski definition) is 1. The number of carbonyl (C=O) groups is 1. The fourth-order valence-electron chi connectivity index (χ4n) is 3.14. The number of aryl methyl sites for hydroxylation is 1. The van der Waals surface area contributed by atoms with Crippen LogP contribution in [0.4, 0.5) is 5.00 Å². The molecule has 0 radical (unpaired) electrons. The average Bonchev–Trinajstić information content (AvgIpc) is 3.21. The smallest absolute Gasteiger partial charge is 0.315 e. The van der Waals surface area contributed by atoms with Crippen molar-refractivity contribution in [3.05, 3.63) is 80.3 Å². The Balaban J connectivity index is 1.68. The maximum Gasteiger partial charge on any atom is 0.329 e. The predicted octanol–water partition coefficient (Wildman–Crippen LogP) is 4.56. The van der Waals surface area contributed by atoms with Gasteiger partial charge in [-0.3, -0.25) is 13.9 Å². The third-order valence-corrected chi connectivity index (χ3v) is 5.98. The summed E-state index contributed by atoms with van der Waals surface area (Å²) < 4.78 is 7.23. The maximum absolute atomic E-state index is 13.1. The first-order valence-electron chi connectivity index (χ1n) is 8.77. The Kier molecular flexibility index (Phi) is 5.45. The second kappa shape index (κ2) is 8.02. The summed E-state index contributed by atoms with van der Waals surface area (Å²) in [4.78, 5) is 25.6. The minimum atomic E-state index is -0.284. The van der Waals surface area contributed by atoms with Crippen molar-refractivity contribution in [1.82, 2.24) is 13.5 Å². The Hall–Kier alpha value is -2.61. The van der Waals surface area contributed by atoms with Gasteiger partial charge in [0, 0.05) is 0 Å². The lowest BCUT2D eigenvalue weighted by molar-refractivity contribution is -0.116. The molecular weight excluding hydrogens is 431 g/mol. The van der Waals surface area contributed by atoms with E-state index in [0.29, 0.717) is 27.1 Å². The molecule has 1 N–H and O–H groups in total. The Labute approximate surface area is 180 Å². The normalized spacial score (nSPS) is 11.1. The minimum absolute atomic E-state index is 0.0926. The van der Waals surface area contributed by atoms with Crippen molar-refractivity contribution in [3.8, 4) is 0 Å². The first-order chi connectivity index (χ1) is 13.9. The van der Waals surface area contributed by atoms with E-state index in [1.807, 2.05) is 37.3 Å². The molecule has 2 aromatic carbocycles. The van der Waals surface area contributed by atoms with Crippen LogP contribution in [0.1, 0.15) is 11.3 Å². The number of aromatic nitrogens is 3. The lowest BCUT2D eigenvalue weighted by Crippen LogP contribution is -2.29. The predicted molar refractivity (Wildman–Crippen MR) is 117 cm³/mol. The van der Waals surface area contributed by atoms with Crippen LogP contribution in [0.3, 0.4) is 0 Å². The van der Waals surface area contributed by atoms with Crippen LogP contribution in [0, 0.1) is 6.92 Å². The second-order valence-corrected chi connectivity index (χ2v) is 8.19. The molecule has 0 bridgehead atoms. The van der Waals surface area contributed by atoms with Gasteiger partial charge in [0.1, 0.15) is 11.5 Å². The molecule has 0 aliphatic rings. The van der Waals surface area contributed by atoms with Crippen LogP contribution in [-0.2, 0) is 17.9 Å². The Morgan fingerprint density at radius 3 is 2.45 bits per heavy atom. The van der Waals surface area contributed by atoms with E-state index >= 15 is 0 Å². The van der Waals surface area contributed by atoms with E-state index in [4.69, 9.17) is 23.2 Å². The number of para-hydroxylation sites is 2. The zero-order valence-corrected chi connectivity index (χ0v) is 17.7. The molecule has 0 saturated heterocycles. The van der Waals surface area contributed by atoms with Gasteiger partial charge in [-0.2, -0.15) is 4.37 Å². The van der Waals surface area contributed by atoms with E-state index in [9.17, 15) is 9.59 Å². The van der Waals surface area contributed by atoms with Crippen LogP contribution < -0.4 is 11.0 Å². The molecule has 0 saturated carbocycles. The standard InChI is InChI=1S/C20H16Cl2N4O2S/c1-12-8-19(29-24-12)23-18(27)11-26-17-5-3-2-4-16(17)25(20(26)28)10-13-6-7-14(21)15(22)9-13/h2-9H,10-11H2,1H3,(H,23,27). The van der Waals surface area contributed by atoms with Crippen molar-refractivity contribution >= 4 is 56.7 Å². The first kappa shape index (κ1) is 19.7. The number of amides is 1. The summed E-state index contributed by atoms with van der Waals surface area (Å²) >= 11 is 13.3. The number of imidazole rings is 1. The van der Waals surface area contributed by atoms with Gasteiger partial charge < -0.3 is 5.32 Å². The monoisotopic (exact) mass is 446 g/mol. The molecule has 29 heavy (non-hydrogen) atoms. The molecule has 4 rings (SSSR count). The van der Waals surface area contributed by atoms with Crippen LogP contribution in [-0.4, -0.2) is 19.4 Å². The van der Waals surface area contributed by atoms with Gasteiger partial charge in [-0.15, -0.1) is 0 Å². The molecule has 2 heterocycles. The molecule has 0 aliphatic heterocycles.